The van der Waals surface area contributed by atoms with Crippen molar-refractivity contribution in [1.82, 2.24) is 10.3 Å². The molecule has 4 heteroatoms. The van der Waals surface area contributed by atoms with Crippen LogP contribution in [0.25, 0.3) is 0 Å². The van der Waals surface area contributed by atoms with Gasteiger partial charge in [-0.05, 0) is 55.0 Å². The van der Waals surface area contributed by atoms with E-state index < -0.39 is 0 Å². The zero-order valence-electron chi connectivity index (χ0n) is 15.4. The zero-order chi connectivity index (χ0) is 17.5. The highest BCUT2D eigenvalue weighted by Gasteiger charge is 2.12. The van der Waals surface area contributed by atoms with Gasteiger partial charge < -0.3 is 15.0 Å². The minimum atomic E-state index is 0.814. The summed E-state index contributed by atoms with van der Waals surface area (Å²) in [5, 5.41) is 3.57. The van der Waals surface area contributed by atoms with Crippen molar-refractivity contribution in [1.29, 1.82) is 0 Å². The second kappa shape index (κ2) is 8.86. The van der Waals surface area contributed by atoms with E-state index in [1.807, 2.05) is 12.3 Å². The molecule has 1 aliphatic heterocycles. The molecule has 3 rings (SSSR count). The van der Waals surface area contributed by atoms with E-state index in [0.29, 0.717) is 0 Å². The van der Waals surface area contributed by atoms with Gasteiger partial charge in [0.2, 0.25) is 0 Å². The number of hydrogen-bond donors (Lipinski definition) is 1. The molecule has 0 radical (unpaired) electrons. The number of nitrogens with one attached hydrogen (secondary N) is 1. The maximum Gasteiger partial charge on any atom is 0.128 e. The van der Waals surface area contributed by atoms with Gasteiger partial charge in [0.25, 0.3) is 0 Å². The van der Waals surface area contributed by atoms with Crippen molar-refractivity contribution < 1.29 is 4.74 Å². The summed E-state index contributed by atoms with van der Waals surface area (Å²) in [6.45, 7) is 6.10. The number of aryl methyl sites for hydroxylation is 1. The number of ether oxygens (including phenoxy) is 1. The average molecular weight is 339 g/mol. The van der Waals surface area contributed by atoms with E-state index in [0.717, 1.165) is 44.2 Å². The van der Waals surface area contributed by atoms with E-state index in [9.17, 15) is 0 Å². The fraction of sp³-hybridized carbons (Fsp3) is 0.476. The molecule has 2 heterocycles. The molecule has 25 heavy (non-hydrogen) atoms. The monoisotopic (exact) mass is 339 g/mol. The Labute approximate surface area is 151 Å². The summed E-state index contributed by atoms with van der Waals surface area (Å²) >= 11 is 0. The predicted molar refractivity (Wildman–Crippen MR) is 103 cm³/mol. The number of pyridine rings is 1. The van der Waals surface area contributed by atoms with Crippen LogP contribution in [0.5, 0.6) is 5.75 Å². The summed E-state index contributed by atoms with van der Waals surface area (Å²) in [4.78, 5) is 6.97. The van der Waals surface area contributed by atoms with Crippen LogP contribution in [0.2, 0.25) is 0 Å². The Hall–Kier alpha value is -2.07. The molecule has 134 valence electrons. The number of methoxy groups -OCH3 is 1. The van der Waals surface area contributed by atoms with Gasteiger partial charge in [-0.15, -0.1) is 0 Å². The molecular weight excluding hydrogens is 310 g/mol. The molecule has 0 aliphatic carbocycles. The van der Waals surface area contributed by atoms with Crippen molar-refractivity contribution in [2.24, 2.45) is 0 Å². The van der Waals surface area contributed by atoms with Gasteiger partial charge >= 0.3 is 0 Å². The van der Waals surface area contributed by atoms with Crippen LogP contribution in [0.3, 0.4) is 0 Å². The summed E-state index contributed by atoms with van der Waals surface area (Å²) in [5.74, 6) is 2.08. The molecular formula is C21H29N3O. The zero-order valence-corrected chi connectivity index (χ0v) is 15.4. The molecule has 1 aliphatic rings. The Morgan fingerprint density at radius 1 is 1.12 bits per heavy atom. The number of hydrogen-bond acceptors (Lipinski definition) is 4. The lowest BCUT2D eigenvalue weighted by molar-refractivity contribution is 0.407. The second-order valence-corrected chi connectivity index (χ2v) is 6.63. The molecule has 1 N–H and O–H groups in total. The van der Waals surface area contributed by atoms with Crippen LogP contribution in [0.1, 0.15) is 42.9 Å². The van der Waals surface area contributed by atoms with Crippen molar-refractivity contribution in [3.05, 3.63) is 53.2 Å². The highest BCUT2D eigenvalue weighted by atomic mass is 16.5. The lowest BCUT2D eigenvalue weighted by Crippen LogP contribution is -2.30. The van der Waals surface area contributed by atoms with Gasteiger partial charge in [0.1, 0.15) is 11.6 Å². The largest absolute Gasteiger partial charge is 0.496 e. The first-order valence-corrected chi connectivity index (χ1v) is 9.37. The minimum absolute atomic E-state index is 0.814. The van der Waals surface area contributed by atoms with Crippen LogP contribution < -0.4 is 15.0 Å². The maximum absolute atomic E-state index is 5.53. The minimum Gasteiger partial charge on any atom is -0.496 e. The van der Waals surface area contributed by atoms with Crippen molar-refractivity contribution in [2.75, 3.05) is 25.1 Å². The van der Waals surface area contributed by atoms with E-state index in [1.54, 1.807) is 7.11 Å². The highest BCUT2D eigenvalue weighted by Crippen LogP contribution is 2.23. The fourth-order valence-corrected chi connectivity index (χ4v) is 3.53. The molecule has 0 spiro atoms. The molecule has 1 aromatic carbocycles. The third kappa shape index (κ3) is 4.51. The maximum atomic E-state index is 5.53. The first-order valence-electron chi connectivity index (χ1n) is 9.37. The van der Waals surface area contributed by atoms with Crippen molar-refractivity contribution in [3.63, 3.8) is 0 Å². The van der Waals surface area contributed by atoms with Gasteiger partial charge in [0.15, 0.2) is 0 Å². The molecule has 0 amide bonds. The number of rotatable bonds is 7. The number of benzene rings is 1. The lowest BCUT2D eigenvalue weighted by atomic mass is 10.0. The molecule has 0 unspecified atom stereocenters. The van der Waals surface area contributed by atoms with Crippen LogP contribution in [-0.2, 0) is 19.5 Å². The van der Waals surface area contributed by atoms with Gasteiger partial charge in [-0.25, -0.2) is 4.98 Å². The second-order valence-electron chi connectivity index (χ2n) is 6.63. The highest BCUT2D eigenvalue weighted by molar-refractivity contribution is 5.42. The van der Waals surface area contributed by atoms with Gasteiger partial charge in [-0.2, -0.15) is 0 Å². The van der Waals surface area contributed by atoms with E-state index >= 15 is 0 Å². The Bertz CT molecular complexity index is 658. The van der Waals surface area contributed by atoms with Crippen LogP contribution in [0, 0.1) is 0 Å². The molecule has 0 atom stereocenters. The lowest BCUT2D eigenvalue weighted by Gasteiger charge is -2.28. The van der Waals surface area contributed by atoms with Gasteiger partial charge in [-0.1, -0.05) is 19.1 Å². The van der Waals surface area contributed by atoms with Crippen molar-refractivity contribution >= 4 is 5.82 Å². The fourth-order valence-electron chi connectivity index (χ4n) is 3.53. The van der Waals surface area contributed by atoms with Crippen LogP contribution in [0.4, 0.5) is 5.82 Å². The number of nitrogens with zero attached hydrogens (tertiary/aromatic N) is 2. The first-order chi connectivity index (χ1) is 12.3. The van der Waals surface area contributed by atoms with Crippen LogP contribution >= 0.6 is 0 Å². The summed E-state index contributed by atoms with van der Waals surface area (Å²) < 4.78 is 5.53. The van der Waals surface area contributed by atoms with Crippen molar-refractivity contribution in [3.8, 4) is 5.75 Å². The van der Waals surface area contributed by atoms with Crippen molar-refractivity contribution in [2.45, 2.75) is 45.7 Å². The first kappa shape index (κ1) is 17.7. The average Bonchev–Trinajstić information content (AvgIpc) is 2.69. The SMILES string of the molecule is CCc1cccc(OC)c1CNCc1ccnc(N2CCCCC2)c1. The summed E-state index contributed by atoms with van der Waals surface area (Å²) in [6.07, 6.45) is 6.84. The smallest absolute Gasteiger partial charge is 0.128 e. The van der Waals surface area contributed by atoms with Gasteiger partial charge in [0, 0.05) is 37.9 Å². The molecule has 0 saturated carbocycles. The normalized spacial score (nSPS) is 14.6. The Morgan fingerprint density at radius 2 is 1.96 bits per heavy atom. The molecule has 1 fully saturated rings. The molecule has 2 aromatic rings. The molecule has 1 saturated heterocycles. The van der Waals surface area contributed by atoms with Gasteiger partial charge in [0.05, 0.1) is 7.11 Å². The topological polar surface area (TPSA) is 37.4 Å². The molecule has 4 nitrogen and oxygen atoms in total. The predicted octanol–water partition coefficient (Wildman–Crippen LogP) is 3.93. The quantitative estimate of drug-likeness (QED) is 0.829. The molecule has 1 aromatic heterocycles. The van der Waals surface area contributed by atoms with E-state index in [1.165, 1.54) is 36.0 Å². The Balaban J connectivity index is 1.63. The van der Waals surface area contributed by atoms with E-state index in [2.05, 4.69) is 46.4 Å². The number of piperidine rings is 1. The Kier molecular flexibility index (Phi) is 6.29. The third-order valence-electron chi connectivity index (χ3n) is 4.95. The van der Waals surface area contributed by atoms with Gasteiger partial charge in [-0.3, -0.25) is 0 Å². The third-order valence-corrected chi connectivity index (χ3v) is 4.95. The summed E-state index contributed by atoms with van der Waals surface area (Å²) in [7, 11) is 1.74. The summed E-state index contributed by atoms with van der Waals surface area (Å²) in [6, 6.07) is 10.6. The Morgan fingerprint density at radius 3 is 2.72 bits per heavy atom. The number of aromatic nitrogens is 1. The van der Waals surface area contributed by atoms with E-state index in [4.69, 9.17) is 4.74 Å². The van der Waals surface area contributed by atoms with Crippen LogP contribution in [0.15, 0.2) is 36.5 Å². The standard InChI is InChI=1S/C21H29N3O/c1-3-18-8-7-9-20(25-2)19(18)16-22-15-17-10-11-23-21(14-17)24-12-5-4-6-13-24/h7-11,14,22H,3-6,12-13,15-16H2,1-2H3. The molecule has 0 bridgehead atoms. The van der Waals surface area contributed by atoms with E-state index in [-0.39, 0.29) is 0 Å². The van der Waals surface area contributed by atoms with Crippen LogP contribution in [-0.4, -0.2) is 25.2 Å². The number of anilines is 1. The summed E-state index contributed by atoms with van der Waals surface area (Å²) in [5.41, 5.74) is 3.89.